The molecule has 0 radical (unpaired) electrons. The normalized spacial score (nSPS) is 15.0. The Bertz CT molecular complexity index is 1270. The highest BCUT2D eigenvalue weighted by Gasteiger charge is 2.17. The monoisotopic (exact) mass is 431 g/mol. The van der Waals surface area contributed by atoms with Crippen molar-refractivity contribution < 1.29 is 9.15 Å². The van der Waals surface area contributed by atoms with Gasteiger partial charge in [0.25, 0.3) is 0 Å². The number of aromatic nitrogens is 1. The minimum Gasteiger partial charge on any atom is -0.497 e. The zero-order valence-electron chi connectivity index (χ0n) is 18.5. The van der Waals surface area contributed by atoms with Crippen LogP contribution in [0, 0.1) is 0 Å². The fraction of sp³-hybridized carbons (Fsp3) is 0.346. The maximum atomic E-state index is 11.4. The molecule has 1 aliphatic heterocycles. The molecule has 3 heterocycles. The van der Waals surface area contributed by atoms with Crippen molar-refractivity contribution in [3.8, 4) is 5.75 Å². The molecule has 2 aromatic carbocycles. The SMILES string of the molecule is COc1ccc2c(CCCCN3CCN(c4ccc5oc(=O)ccc5c4)CC3)c[nH]c2c1. The lowest BCUT2D eigenvalue weighted by molar-refractivity contribution is 0.253. The number of ether oxygens (including phenoxy) is 1. The molecular weight excluding hydrogens is 402 g/mol. The Morgan fingerprint density at radius 3 is 2.72 bits per heavy atom. The molecule has 4 aromatic rings. The summed E-state index contributed by atoms with van der Waals surface area (Å²) in [5, 5.41) is 2.27. The molecule has 0 unspecified atom stereocenters. The van der Waals surface area contributed by atoms with Gasteiger partial charge in [0.2, 0.25) is 0 Å². The van der Waals surface area contributed by atoms with Crippen LogP contribution in [-0.2, 0) is 6.42 Å². The predicted octanol–water partition coefficient (Wildman–Crippen LogP) is 4.43. The van der Waals surface area contributed by atoms with E-state index < -0.39 is 0 Å². The van der Waals surface area contributed by atoms with Crippen molar-refractivity contribution in [2.75, 3.05) is 44.7 Å². The van der Waals surface area contributed by atoms with Crippen LogP contribution in [0.25, 0.3) is 21.9 Å². The highest BCUT2D eigenvalue weighted by Crippen LogP contribution is 2.25. The first-order valence-electron chi connectivity index (χ1n) is 11.3. The number of benzene rings is 2. The van der Waals surface area contributed by atoms with Gasteiger partial charge in [0.1, 0.15) is 11.3 Å². The van der Waals surface area contributed by atoms with Gasteiger partial charge in [-0.1, -0.05) is 0 Å². The second-order valence-electron chi connectivity index (χ2n) is 8.49. The van der Waals surface area contributed by atoms with Gasteiger partial charge in [-0.15, -0.1) is 0 Å². The van der Waals surface area contributed by atoms with E-state index in [9.17, 15) is 4.79 Å². The number of hydrogen-bond donors (Lipinski definition) is 1. The Kier molecular flexibility index (Phi) is 5.86. The fourth-order valence-corrected chi connectivity index (χ4v) is 4.64. The molecule has 166 valence electrons. The lowest BCUT2D eigenvalue weighted by atomic mass is 10.1. The van der Waals surface area contributed by atoms with Crippen LogP contribution in [0.5, 0.6) is 5.75 Å². The van der Waals surface area contributed by atoms with E-state index in [1.165, 1.54) is 35.5 Å². The molecule has 0 spiro atoms. The van der Waals surface area contributed by atoms with E-state index in [0.717, 1.165) is 55.8 Å². The van der Waals surface area contributed by atoms with Gasteiger partial charge in [-0.2, -0.15) is 0 Å². The molecule has 1 N–H and O–H groups in total. The minimum absolute atomic E-state index is 0.302. The van der Waals surface area contributed by atoms with Crippen molar-refractivity contribution in [3.63, 3.8) is 0 Å². The molecule has 0 atom stereocenters. The van der Waals surface area contributed by atoms with Gasteiger partial charge in [-0.3, -0.25) is 4.90 Å². The number of unbranched alkanes of at least 4 members (excludes halogenated alkanes) is 1. The van der Waals surface area contributed by atoms with E-state index in [4.69, 9.17) is 9.15 Å². The molecule has 1 aliphatic rings. The molecular formula is C26H29N3O3. The highest BCUT2D eigenvalue weighted by atomic mass is 16.5. The number of methoxy groups -OCH3 is 1. The highest BCUT2D eigenvalue weighted by molar-refractivity contribution is 5.84. The third kappa shape index (κ3) is 4.36. The Labute approximate surface area is 187 Å². The Hall–Kier alpha value is -3.25. The third-order valence-corrected chi connectivity index (χ3v) is 6.49. The van der Waals surface area contributed by atoms with Crippen LogP contribution in [0.2, 0.25) is 0 Å². The van der Waals surface area contributed by atoms with Crippen LogP contribution >= 0.6 is 0 Å². The van der Waals surface area contributed by atoms with Crippen LogP contribution in [0.15, 0.2) is 63.9 Å². The van der Waals surface area contributed by atoms with Crippen LogP contribution in [0.4, 0.5) is 5.69 Å². The number of fused-ring (bicyclic) bond motifs is 2. The van der Waals surface area contributed by atoms with Gasteiger partial charge in [0.15, 0.2) is 0 Å². The van der Waals surface area contributed by atoms with E-state index in [-0.39, 0.29) is 5.63 Å². The van der Waals surface area contributed by atoms with Crippen molar-refractivity contribution in [1.82, 2.24) is 9.88 Å². The van der Waals surface area contributed by atoms with E-state index in [1.54, 1.807) is 7.11 Å². The molecule has 2 aromatic heterocycles. The average molecular weight is 432 g/mol. The summed E-state index contributed by atoms with van der Waals surface area (Å²) in [7, 11) is 1.70. The van der Waals surface area contributed by atoms with Gasteiger partial charge in [0.05, 0.1) is 7.11 Å². The van der Waals surface area contributed by atoms with E-state index in [0.29, 0.717) is 5.58 Å². The number of rotatable bonds is 7. The number of anilines is 1. The van der Waals surface area contributed by atoms with E-state index >= 15 is 0 Å². The molecule has 0 saturated carbocycles. The van der Waals surface area contributed by atoms with Crippen molar-refractivity contribution in [3.05, 3.63) is 70.7 Å². The van der Waals surface area contributed by atoms with Crippen LogP contribution in [-0.4, -0.2) is 49.7 Å². The number of nitrogens with one attached hydrogen (secondary N) is 1. The lowest BCUT2D eigenvalue weighted by Crippen LogP contribution is -2.46. The van der Waals surface area contributed by atoms with Crippen LogP contribution in [0.1, 0.15) is 18.4 Å². The van der Waals surface area contributed by atoms with E-state index in [2.05, 4.69) is 45.2 Å². The van der Waals surface area contributed by atoms with E-state index in [1.807, 2.05) is 18.2 Å². The Morgan fingerprint density at radius 1 is 1.00 bits per heavy atom. The standard InChI is InChI=1S/C26H29N3O3/c1-31-22-7-8-23-20(18-27-24(23)17-22)4-2-3-11-28-12-14-29(15-13-28)21-6-9-25-19(16-21)5-10-26(30)32-25/h5-10,16-18,27H,2-4,11-15H2,1H3. The summed E-state index contributed by atoms with van der Waals surface area (Å²) in [4.78, 5) is 19.7. The zero-order valence-corrected chi connectivity index (χ0v) is 18.5. The summed E-state index contributed by atoms with van der Waals surface area (Å²) >= 11 is 0. The minimum atomic E-state index is -0.302. The average Bonchev–Trinajstić information content (AvgIpc) is 3.24. The number of aromatic amines is 1. The number of nitrogens with zero attached hydrogens (tertiary/aromatic N) is 2. The largest absolute Gasteiger partial charge is 0.497 e. The summed E-state index contributed by atoms with van der Waals surface area (Å²) in [6.45, 7) is 5.34. The molecule has 32 heavy (non-hydrogen) atoms. The molecule has 1 fully saturated rings. The zero-order chi connectivity index (χ0) is 21.9. The molecule has 0 amide bonds. The molecule has 6 nitrogen and oxygen atoms in total. The van der Waals surface area contributed by atoms with Gasteiger partial charge in [-0.05, 0) is 67.8 Å². The second kappa shape index (κ2) is 9.09. The summed E-state index contributed by atoms with van der Waals surface area (Å²) in [5.41, 5.74) is 4.07. The summed E-state index contributed by atoms with van der Waals surface area (Å²) < 4.78 is 10.6. The first kappa shape index (κ1) is 20.6. The molecule has 6 heteroatoms. The van der Waals surface area contributed by atoms with Crippen molar-refractivity contribution in [2.45, 2.75) is 19.3 Å². The maximum absolute atomic E-state index is 11.4. The smallest absolute Gasteiger partial charge is 0.336 e. The lowest BCUT2D eigenvalue weighted by Gasteiger charge is -2.36. The summed E-state index contributed by atoms with van der Waals surface area (Å²) in [6, 6.07) is 15.6. The van der Waals surface area contributed by atoms with Crippen molar-refractivity contribution in [2.24, 2.45) is 0 Å². The van der Waals surface area contributed by atoms with Crippen LogP contribution < -0.4 is 15.3 Å². The fourth-order valence-electron chi connectivity index (χ4n) is 4.64. The number of hydrogen-bond acceptors (Lipinski definition) is 5. The van der Waals surface area contributed by atoms with Crippen molar-refractivity contribution >= 4 is 27.6 Å². The number of H-pyrrole nitrogens is 1. The van der Waals surface area contributed by atoms with Gasteiger partial charge < -0.3 is 19.0 Å². The first-order valence-corrected chi connectivity index (χ1v) is 11.3. The molecule has 1 saturated heterocycles. The van der Waals surface area contributed by atoms with Gasteiger partial charge in [0, 0.05) is 66.5 Å². The Balaban J connectivity index is 1.09. The van der Waals surface area contributed by atoms with Gasteiger partial charge in [-0.25, -0.2) is 4.79 Å². The Morgan fingerprint density at radius 2 is 1.88 bits per heavy atom. The predicted molar refractivity (Wildman–Crippen MR) is 129 cm³/mol. The quantitative estimate of drug-likeness (QED) is 0.347. The summed E-state index contributed by atoms with van der Waals surface area (Å²) in [6.07, 6.45) is 5.63. The maximum Gasteiger partial charge on any atom is 0.336 e. The summed E-state index contributed by atoms with van der Waals surface area (Å²) in [5.74, 6) is 0.889. The van der Waals surface area contributed by atoms with Crippen LogP contribution in [0.3, 0.4) is 0 Å². The second-order valence-corrected chi connectivity index (χ2v) is 8.49. The molecule has 5 rings (SSSR count). The molecule has 0 bridgehead atoms. The topological polar surface area (TPSA) is 61.7 Å². The first-order chi connectivity index (χ1) is 15.7. The number of piperazine rings is 1. The molecule has 0 aliphatic carbocycles. The van der Waals surface area contributed by atoms with Gasteiger partial charge >= 0.3 is 5.63 Å². The third-order valence-electron chi connectivity index (χ3n) is 6.49. The van der Waals surface area contributed by atoms with Crippen molar-refractivity contribution in [1.29, 1.82) is 0 Å². The number of aryl methyl sites for hydroxylation is 1.